The number of nitrogens with two attached hydrogens (primary N) is 1. The van der Waals surface area contributed by atoms with Gasteiger partial charge in [-0.3, -0.25) is 0 Å². The highest BCUT2D eigenvalue weighted by atomic mass is 32.2. The van der Waals surface area contributed by atoms with Crippen LogP contribution in [0.4, 0.5) is 17.7 Å². The molecule has 0 atom stereocenters. The van der Waals surface area contributed by atoms with Gasteiger partial charge in [0.2, 0.25) is 21.9 Å². The van der Waals surface area contributed by atoms with Crippen molar-refractivity contribution in [3.8, 4) is 12.1 Å². The van der Waals surface area contributed by atoms with Gasteiger partial charge >= 0.3 is 0 Å². The van der Waals surface area contributed by atoms with Crippen LogP contribution in [0, 0.1) is 22.7 Å². The molecule has 0 amide bonds. The second-order valence-electron chi connectivity index (χ2n) is 12.6. The minimum atomic E-state index is -3.69. The maximum absolute atomic E-state index is 11.3. The summed E-state index contributed by atoms with van der Waals surface area (Å²) in [7, 11) is 0.251. The molecule has 0 bridgehead atoms. The number of thioether (sulfide) groups is 2. The summed E-state index contributed by atoms with van der Waals surface area (Å²) < 4.78 is 22.6. The van der Waals surface area contributed by atoms with Crippen molar-refractivity contribution in [1.82, 2.24) is 35.6 Å². The van der Waals surface area contributed by atoms with Crippen LogP contribution >= 0.6 is 23.5 Å². The van der Waals surface area contributed by atoms with E-state index >= 15 is 0 Å². The standard InChI is InChI=1S/C20H23N7S.C19H20N6O2S2/c1-4-15-13-28-19(25-15)16(11-21)17-8-10-23-20(26-17)22-9-7-14-5-6-18(24-12-14)27(2)3;1-2-14-12-28-18(24-14)16(11-20)17-8-10-23-19(25-17)22-9-7-13-3-5-15(6-4-13)29(21,26)27/h5-6,8,10,12-13,25H,4,7,9H2,1-3H3,(H,22,23,26);3-6,8,10,12,24H,2,7,9H2,1H3,(H2,21,26,27)(H,22,23,25). The number of aromatic nitrogens is 5. The van der Waals surface area contributed by atoms with Crippen molar-refractivity contribution in [3.05, 3.63) is 122 Å². The summed E-state index contributed by atoms with van der Waals surface area (Å²) in [6, 6.07) is 18.4. The van der Waals surface area contributed by atoms with E-state index in [1.807, 2.05) is 49.0 Å². The fourth-order valence-corrected chi connectivity index (χ4v) is 7.59. The molecule has 6 N–H and O–H groups in total. The van der Waals surface area contributed by atoms with Crippen molar-refractivity contribution in [2.24, 2.45) is 5.14 Å². The Kier molecular flexibility index (Phi) is 15.0. The van der Waals surface area contributed by atoms with Gasteiger partial charge in [-0.15, -0.1) is 0 Å². The lowest BCUT2D eigenvalue weighted by Crippen LogP contribution is -2.12. The van der Waals surface area contributed by atoms with Crippen LogP contribution in [0.25, 0.3) is 11.1 Å². The van der Waals surface area contributed by atoms with Gasteiger partial charge in [-0.1, -0.05) is 55.6 Å². The smallest absolute Gasteiger partial charge is 0.238 e. The number of nitriles is 2. The number of allylic oxidation sites excluding steroid dienone is 4. The van der Waals surface area contributed by atoms with E-state index in [9.17, 15) is 18.9 Å². The van der Waals surface area contributed by atoms with Gasteiger partial charge in [0.15, 0.2) is 0 Å². The fraction of sp³-hybridized carbons (Fsp3) is 0.256. The van der Waals surface area contributed by atoms with E-state index in [4.69, 9.17) is 5.14 Å². The minimum absolute atomic E-state index is 0.0847. The molecule has 5 heterocycles. The number of benzene rings is 1. The molecule has 1 aromatic carbocycles. The number of primary sulfonamides is 1. The molecule has 0 saturated heterocycles. The van der Waals surface area contributed by atoms with Crippen LogP contribution in [0.15, 0.2) is 104 Å². The summed E-state index contributed by atoms with van der Waals surface area (Å²) in [6.45, 7) is 5.35. The lowest BCUT2D eigenvalue weighted by molar-refractivity contribution is 0.598. The first-order valence-electron chi connectivity index (χ1n) is 17.9. The summed E-state index contributed by atoms with van der Waals surface area (Å²) in [5.41, 5.74) is 6.41. The second kappa shape index (κ2) is 20.3. The maximum Gasteiger partial charge on any atom is 0.238 e. The highest BCUT2D eigenvalue weighted by molar-refractivity contribution is 8.06. The number of nitrogens with zero attached hydrogens (tertiary/aromatic N) is 8. The molecule has 0 saturated carbocycles. The van der Waals surface area contributed by atoms with Gasteiger partial charge in [-0.05, 0) is 78.0 Å². The predicted molar refractivity (Wildman–Crippen MR) is 228 cm³/mol. The van der Waals surface area contributed by atoms with Crippen LogP contribution < -0.4 is 31.3 Å². The highest BCUT2D eigenvalue weighted by Crippen LogP contribution is 2.33. The average Bonchev–Trinajstić information content (AvgIpc) is 3.90. The zero-order valence-corrected chi connectivity index (χ0v) is 34.4. The molecule has 0 radical (unpaired) electrons. The number of hydrogen-bond acceptors (Lipinski definition) is 16. The predicted octanol–water partition coefficient (Wildman–Crippen LogP) is 5.93. The zero-order chi connectivity index (χ0) is 40.8. The Morgan fingerprint density at radius 3 is 1.65 bits per heavy atom. The third-order valence-electron chi connectivity index (χ3n) is 8.36. The van der Waals surface area contributed by atoms with Gasteiger partial charge in [-0.2, -0.15) is 10.5 Å². The van der Waals surface area contributed by atoms with E-state index in [-0.39, 0.29) is 4.90 Å². The monoisotopic (exact) mass is 821 g/mol. The number of anilines is 3. The van der Waals surface area contributed by atoms with E-state index in [0.717, 1.165) is 57.7 Å². The Morgan fingerprint density at radius 2 is 1.25 bits per heavy atom. The minimum Gasteiger partial charge on any atom is -0.363 e. The molecule has 0 unspecified atom stereocenters. The van der Waals surface area contributed by atoms with Gasteiger partial charge in [0, 0.05) is 57.2 Å². The summed E-state index contributed by atoms with van der Waals surface area (Å²) in [6.07, 6.45) is 8.38. The van der Waals surface area contributed by atoms with E-state index in [0.29, 0.717) is 53.9 Å². The largest absolute Gasteiger partial charge is 0.363 e. The highest BCUT2D eigenvalue weighted by Gasteiger charge is 2.18. The molecule has 0 aliphatic carbocycles. The molecule has 6 rings (SSSR count). The van der Waals surface area contributed by atoms with Crippen molar-refractivity contribution >= 4 is 62.4 Å². The van der Waals surface area contributed by atoms with E-state index < -0.39 is 10.0 Å². The SMILES string of the molecule is CCC1=CSC(=C(C#N)c2ccnc(NCCc3ccc(N(C)C)nc3)n2)N1.CCC1=CSC(=C(C#N)c2ccnc(NCCc3ccc(S(N)(=O)=O)cc3)n2)N1. The van der Waals surface area contributed by atoms with E-state index in [1.165, 1.54) is 35.7 Å². The lowest BCUT2D eigenvalue weighted by Gasteiger charge is -2.11. The quantitative estimate of drug-likeness (QED) is 0.0930. The van der Waals surface area contributed by atoms with E-state index in [1.54, 1.807) is 36.7 Å². The van der Waals surface area contributed by atoms with Crippen molar-refractivity contribution in [3.63, 3.8) is 0 Å². The van der Waals surface area contributed by atoms with Crippen molar-refractivity contribution in [2.45, 2.75) is 44.4 Å². The average molecular weight is 822 g/mol. The molecule has 18 heteroatoms. The molecule has 0 fully saturated rings. The molecule has 2 aliphatic heterocycles. The lowest BCUT2D eigenvalue weighted by atomic mass is 10.1. The van der Waals surface area contributed by atoms with Crippen LogP contribution in [0.1, 0.15) is 49.2 Å². The van der Waals surface area contributed by atoms with Gasteiger partial charge in [0.05, 0.1) is 26.3 Å². The number of rotatable bonds is 14. The summed E-state index contributed by atoms with van der Waals surface area (Å²) in [5.74, 6) is 1.86. The van der Waals surface area contributed by atoms with Crippen LogP contribution in [0.2, 0.25) is 0 Å². The summed E-state index contributed by atoms with van der Waals surface area (Å²) in [4.78, 5) is 23.9. The van der Waals surface area contributed by atoms with Gasteiger partial charge in [0.25, 0.3) is 0 Å². The summed E-state index contributed by atoms with van der Waals surface area (Å²) in [5, 5.41) is 42.8. The fourth-order valence-electron chi connectivity index (χ4n) is 5.18. The zero-order valence-electron chi connectivity index (χ0n) is 31.9. The number of hydrogen-bond donors (Lipinski definition) is 5. The molecule has 15 nitrogen and oxygen atoms in total. The molecule has 2 aliphatic rings. The third-order valence-corrected chi connectivity index (χ3v) is 11.2. The Balaban J connectivity index is 0.000000218. The number of pyridine rings is 1. The van der Waals surface area contributed by atoms with Gasteiger partial charge in [0.1, 0.15) is 29.1 Å². The Labute approximate surface area is 341 Å². The van der Waals surface area contributed by atoms with Crippen LogP contribution in [0.3, 0.4) is 0 Å². The van der Waals surface area contributed by atoms with Gasteiger partial charge in [-0.25, -0.2) is 38.5 Å². The first kappa shape index (κ1) is 42.2. The maximum atomic E-state index is 11.3. The van der Waals surface area contributed by atoms with Crippen molar-refractivity contribution < 1.29 is 8.42 Å². The first-order valence-corrected chi connectivity index (χ1v) is 21.2. The third kappa shape index (κ3) is 12.0. The van der Waals surface area contributed by atoms with Crippen molar-refractivity contribution in [1.29, 1.82) is 10.5 Å². The van der Waals surface area contributed by atoms with E-state index in [2.05, 4.69) is 71.3 Å². The Hall–Kier alpha value is -5.92. The first-order chi connectivity index (χ1) is 27.5. The topological polar surface area (TPSA) is 224 Å². The van der Waals surface area contributed by atoms with Crippen LogP contribution in [-0.2, 0) is 22.9 Å². The molecule has 57 heavy (non-hydrogen) atoms. The molecule has 294 valence electrons. The van der Waals surface area contributed by atoms with Gasteiger partial charge < -0.3 is 26.2 Å². The van der Waals surface area contributed by atoms with Crippen LogP contribution in [-0.4, -0.2) is 60.5 Å². The van der Waals surface area contributed by atoms with Crippen molar-refractivity contribution in [2.75, 3.05) is 42.7 Å². The number of nitrogens with one attached hydrogen (secondary N) is 4. The molecule has 0 spiro atoms. The normalized spacial score (nSPS) is 15.0. The second-order valence-corrected chi connectivity index (χ2v) is 15.9. The number of sulfonamides is 1. The molecular formula is C39H43N13O2S3. The Morgan fingerprint density at radius 1 is 0.754 bits per heavy atom. The summed E-state index contributed by atoms with van der Waals surface area (Å²) >= 11 is 3.00. The molecular weight excluding hydrogens is 779 g/mol. The van der Waals surface area contributed by atoms with Crippen LogP contribution in [0.5, 0.6) is 0 Å². The molecule has 4 aromatic rings. The Bertz CT molecular complexity index is 2360. The molecule has 3 aromatic heterocycles.